The molecular weight excluding hydrogens is 800 g/mol. The molecule has 0 N–H and O–H groups in total. The van der Waals surface area contributed by atoms with E-state index in [1.807, 2.05) is 0 Å². The molecule has 10 aromatic carbocycles. The largest absolute Gasteiger partial charge is 2.00 e. The first-order valence-corrected chi connectivity index (χ1v) is 19.9. The van der Waals surface area contributed by atoms with E-state index in [2.05, 4.69) is 255 Å². The normalized spacial score (nSPS) is 10.6. The summed E-state index contributed by atoms with van der Waals surface area (Å²) >= 11 is 0. The van der Waals surface area contributed by atoms with Gasteiger partial charge in [0, 0.05) is 0 Å². The van der Waals surface area contributed by atoms with Crippen LogP contribution in [0.15, 0.2) is 255 Å². The van der Waals surface area contributed by atoms with Crippen molar-refractivity contribution in [2.45, 2.75) is 0 Å². The van der Waals surface area contributed by atoms with Crippen LogP contribution in [0.1, 0.15) is 0 Å². The summed E-state index contributed by atoms with van der Waals surface area (Å²) in [5.41, 5.74) is 20.2. The fourth-order valence-electron chi connectivity index (χ4n) is 8.12. The molecule has 10 rings (SSSR count). The van der Waals surface area contributed by atoms with E-state index in [0.717, 1.165) is 0 Å². The summed E-state index contributed by atoms with van der Waals surface area (Å²) in [5, 5.41) is 0. The minimum absolute atomic E-state index is 0. The molecule has 59 heavy (non-hydrogen) atoms. The SMILES string of the molecule is [Rh+2].c1ccc(-c2c[c-](-c3ccccc3)c(-c3ccccc3)c2-c2ccccc2)cc1.c1ccc(-c2c[c-](-c3ccccc3)c(-c3ccccc3)c2-c2ccccc2)cc1. The van der Waals surface area contributed by atoms with E-state index in [1.165, 1.54) is 89.0 Å². The summed E-state index contributed by atoms with van der Waals surface area (Å²) in [7, 11) is 0. The molecule has 0 saturated heterocycles. The molecule has 0 atom stereocenters. The van der Waals surface area contributed by atoms with E-state index in [4.69, 9.17) is 0 Å². The zero-order chi connectivity index (χ0) is 38.9. The van der Waals surface area contributed by atoms with Crippen molar-refractivity contribution < 1.29 is 19.5 Å². The molecule has 0 amide bonds. The Morgan fingerprint density at radius 2 is 0.441 bits per heavy atom. The molecule has 0 spiro atoms. The van der Waals surface area contributed by atoms with Gasteiger partial charge < -0.3 is 0 Å². The number of hydrogen-bond donors (Lipinski definition) is 0. The molecule has 0 fully saturated rings. The Bertz CT molecular complexity index is 2410. The zero-order valence-corrected chi connectivity index (χ0v) is 34.2. The van der Waals surface area contributed by atoms with Crippen molar-refractivity contribution in [1.29, 1.82) is 0 Å². The van der Waals surface area contributed by atoms with Crippen LogP contribution in [0.2, 0.25) is 0 Å². The quantitative estimate of drug-likeness (QED) is 0.106. The Morgan fingerprint density at radius 3 is 0.712 bits per heavy atom. The molecule has 1 heteroatoms. The van der Waals surface area contributed by atoms with Gasteiger partial charge in [-0.25, -0.2) is 0 Å². The molecule has 0 heterocycles. The summed E-state index contributed by atoms with van der Waals surface area (Å²) in [6.45, 7) is 0. The Balaban J connectivity index is 0.000000161. The van der Waals surface area contributed by atoms with Gasteiger partial charge in [-0.2, -0.15) is 0 Å². The van der Waals surface area contributed by atoms with E-state index < -0.39 is 0 Å². The second-order valence-electron chi connectivity index (χ2n) is 14.4. The van der Waals surface area contributed by atoms with Crippen LogP contribution < -0.4 is 0 Å². The van der Waals surface area contributed by atoms with E-state index in [0.29, 0.717) is 0 Å². The third-order valence-electron chi connectivity index (χ3n) is 10.7. The van der Waals surface area contributed by atoms with Crippen LogP contribution >= 0.6 is 0 Å². The Hall–Kier alpha value is -6.92. The van der Waals surface area contributed by atoms with E-state index >= 15 is 0 Å². The van der Waals surface area contributed by atoms with Crippen LogP contribution in [0.3, 0.4) is 0 Å². The molecule has 0 unspecified atom stereocenters. The van der Waals surface area contributed by atoms with Gasteiger partial charge in [0.25, 0.3) is 0 Å². The monoisotopic (exact) mass is 841 g/mol. The molecule has 10 aromatic rings. The summed E-state index contributed by atoms with van der Waals surface area (Å²) in [4.78, 5) is 0. The number of benzene rings is 8. The van der Waals surface area contributed by atoms with Crippen LogP contribution in [0.4, 0.5) is 0 Å². The average Bonchev–Trinajstić information content (AvgIpc) is 3.93. The van der Waals surface area contributed by atoms with Crippen LogP contribution in [0.5, 0.6) is 0 Å². The molecule has 0 bridgehead atoms. The standard InChI is InChI=1S/2C29H21.Rh/c2*1-5-13-22(14-6-1)26-21-27(23-15-7-2-8-16-23)29(25-19-11-4-12-20-25)28(26)24-17-9-3-10-18-24;/h2*1-21H;/q2*-1;+2. The second-order valence-corrected chi connectivity index (χ2v) is 14.4. The van der Waals surface area contributed by atoms with Gasteiger partial charge in [-0.15, -0.1) is 47.5 Å². The average molecular weight is 842 g/mol. The van der Waals surface area contributed by atoms with Crippen LogP contribution in [0.25, 0.3) is 89.0 Å². The Labute approximate surface area is 361 Å². The fraction of sp³-hybridized carbons (Fsp3) is 0. The summed E-state index contributed by atoms with van der Waals surface area (Å²) in [5.74, 6) is 0. The second kappa shape index (κ2) is 18.6. The Kier molecular flexibility index (Phi) is 12.2. The van der Waals surface area contributed by atoms with Crippen LogP contribution in [-0.4, -0.2) is 0 Å². The fourth-order valence-corrected chi connectivity index (χ4v) is 8.12. The molecule has 1 radical (unpaired) electrons. The number of hydrogen-bond acceptors (Lipinski definition) is 0. The van der Waals surface area contributed by atoms with Crippen molar-refractivity contribution in [2.75, 3.05) is 0 Å². The molecule has 0 aliphatic heterocycles. The maximum Gasteiger partial charge on any atom is 2.00 e. The van der Waals surface area contributed by atoms with Crippen molar-refractivity contribution in [3.05, 3.63) is 255 Å². The predicted molar refractivity (Wildman–Crippen MR) is 248 cm³/mol. The molecule has 283 valence electrons. The van der Waals surface area contributed by atoms with Gasteiger partial charge >= 0.3 is 19.5 Å². The number of rotatable bonds is 8. The molecule has 0 aromatic heterocycles. The van der Waals surface area contributed by atoms with Gasteiger partial charge in [-0.3, -0.25) is 0 Å². The van der Waals surface area contributed by atoms with Gasteiger partial charge in [0.05, 0.1) is 0 Å². The maximum absolute atomic E-state index is 2.36. The first kappa shape index (κ1) is 38.9. The van der Waals surface area contributed by atoms with E-state index in [-0.39, 0.29) is 19.5 Å². The van der Waals surface area contributed by atoms with Gasteiger partial charge in [-0.1, -0.05) is 296 Å². The van der Waals surface area contributed by atoms with E-state index in [1.54, 1.807) is 0 Å². The van der Waals surface area contributed by atoms with Crippen molar-refractivity contribution in [1.82, 2.24) is 0 Å². The van der Waals surface area contributed by atoms with Crippen molar-refractivity contribution >= 4 is 0 Å². The zero-order valence-electron chi connectivity index (χ0n) is 32.6. The molecule has 0 aliphatic rings. The molecule has 0 nitrogen and oxygen atoms in total. The van der Waals surface area contributed by atoms with Crippen molar-refractivity contribution in [3.8, 4) is 89.0 Å². The minimum atomic E-state index is 0. The van der Waals surface area contributed by atoms with Crippen molar-refractivity contribution in [2.24, 2.45) is 0 Å². The minimum Gasteiger partial charge on any atom is -0.108 e. The molecule has 0 aliphatic carbocycles. The summed E-state index contributed by atoms with van der Waals surface area (Å²) in [6.07, 6.45) is 0. The van der Waals surface area contributed by atoms with Gasteiger partial charge in [-0.05, 0) is 0 Å². The smallest absolute Gasteiger partial charge is 0.108 e. The van der Waals surface area contributed by atoms with Crippen LogP contribution in [0, 0.1) is 0 Å². The Morgan fingerprint density at radius 1 is 0.220 bits per heavy atom. The van der Waals surface area contributed by atoms with Gasteiger partial charge in [0.2, 0.25) is 0 Å². The summed E-state index contributed by atoms with van der Waals surface area (Å²) < 4.78 is 0. The first-order valence-electron chi connectivity index (χ1n) is 19.9. The van der Waals surface area contributed by atoms with E-state index in [9.17, 15) is 0 Å². The van der Waals surface area contributed by atoms with Gasteiger partial charge in [0.15, 0.2) is 0 Å². The summed E-state index contributed by atoms with van der Waals surface area (Å²) in [6, 6.07) is 90.5. The third kappa shape index (κ3) is 8.39. The van der Waals surface area contributed by atoms with Crippen LogP contribution in [-0.2, 0) is 19.5 Å². The topological polar surface area (TPSA) is 0 Å². The molecular formula is C58H42Rh. The molecule has 0 saturated carbocycles. The van der Waals surface area contributed by atoms with Gasteiger partial charge in [0.1, 0.15) is 0 Å². The predicted octanol–water partition coefficient (Wildman–Crippen LogP) is 16.1. The third-order valence-corrected chi connectivity index (χ3v) is 10.7. The first-order chi connectivity index (χ1) is 28.8. The maximum atomic E-state index is 2.36. The van der Waals surface area contributed by atoms with Crippen molar-refractivity contribution in [3.63, 3.8) is 0 Å².